The van der Waals surface area contributed by atoms with Crippen molar-refractivity contribution in [1.29, 1.82) is 0 Å². The van der Waals surface area contributed by atoms with Gasteiger partial charge in [-0.15, -0.1) is 0 Å². The Kier molecular flexibility index (Phi) is 49.7. The van der Waals surface area contributed by atoms with Crippen LogP contribution in [0.5, 0.6) is 0 Å². The van der Waals surface area contributed by atoms with Gasteiger partial charge in [0.05, 0.1) is 52.4 Å². The topological polar surface area (TPSA) is 0 Å². The van der Waals surface area contributed by atoms with Gasteiger partial charge in [-0.05, 0) is 55.4 Å². The second kappa shape index (κ2) is 25.8. The molecule has 1 radical (unpaired) electrons. The van der Waals surface area contributed by atoms with Crippen LogP contribution in [0.1, 0.15) is 55.4 Å². The number of halogens is 4. The summed E-state index contributed by atoms with van der Waals surface area (Å²) in [6, 6.07) is 0. The summed E-state index contributed by atoms with van der Waals surface area (Å²) in [4.78, 5) is 0. The second-order valence-corrected chi connectivity index (χ2v) is 5.21. The van der Waals surface area contributed by atoms with Crippen molar-refractivity contribution in [2.45, 2.75) is 55.4 Å². The van der Waals surface area contributed by atoms with Crippen molar-refractivity contribution in [2.75, 3.05) is 52.4 Å². The molecule has 0 aromatic rings. The van der Waals surface area contributed by atoms with Gasteiger partial charge in [0.1, 0.15) is 0 Å². The molecule has 0 aliphatic carbocycles. The van der Waals surface area contributed by atoms with Crippen molar-refractivity contribution in [1.82, 2.24) is 0 Å². The standard InChI is InChI=1S/2C8H20N.4ClH.Mn/c2*1-5-9(6-2,7-3)8-4;;;;;/h2*5-8H2,1-4H3;4*1H;/q2*+1;;;;;+2/p-4. The van der Waals surface area contributed by atoms with Gasteiger partial charge in [0.2, 0.25) is 0 Å². The molecule has 2 nitrogen and oxygen atoms in total. The van der Waals surface area contributed by atoms with Crippen molar-refractivity contribution in [3.63, 3.8) is 0 Å². The third kappa shape index (κ3) is 16.8. The summed E-state index contributed by atoms with van der Waals surface area (Å²) < 4.78 is 2.56. The van der Waals surface area contributed by atoms with E-state index in [1.165, 1.54) is 61.3 Å². The smallest absolute Gasteiger partial charge is 1.00 e. The molecule has 0 saturated carbocycles. The Morgan fingerprint density at radius 2 is 0.435 bits per heavy atom. The van der Waals surface area contributed by atoms with Crippen LogP contribution in [0.4, 0.5) is 0 Å². The maximum absolute atomic E-state index is 2.27. The third-order valence-electron chi connectivity index (χ3n) is 5.37. The van der Waals surface area contributed by atoms with Crippen molar-refractivity contribution < 1.29 is 75.7 Å². The van der Waals surface area contributed by atoms with Crippen LogP contribution in [0, 0.1) is 0 Å². The summed E-state index contributed by atoms with van der Waals surface area (Å²) in [6.07, 6.45) is 0. The van der Waals surface area contributed by atoms with E-state index in [9.17, 15) is 0 Å². The first kappa shape index (κ1) is 44.2. The van der Waals surface area contributed by atoms with Gasteiger partial charge in [0.25, 0.3) is 0 Å². The fourth-order valence-electron chi connectivity index (χ4n) is 2.68. The first-order chi connectivity index (χ1) is 8.49. The Morgan fingerprint density at radius 1 is 0.348 bits per heavy atom. The quantitative estimate of drug-likeness (QED) is 0.251. The molecule has 7 heteroatoms. The Balaban J connectivity index is -0.0000000366. The average Bonchev–Trinajstić information content (AvgIpc) is 2.46. The van der Waals surface area contributed by atoms with Gasteiger partial charge in [-0.25, -0.2) is 0 Å². The first-order valence-corrected chi connectivity index (χ1v) is 8.19. The third-order valence-corrected chi connectivity index (χ3v) is 5.37. The van der Waals surface area contributed by atoms with E-state index < -0.39 is 0 Å². The number of hydrogen-bond acceptors (Lipinski definition) is 0. The summed E-state index contributed by atoms with van der Waals surface area (Å²) in [6.45, 7) is 28.4. The zero-order valence-electron chi connectivity index (χ0n) is 16.4. The van der Waals surface area contributed by atoms with E-state index in [1.807, 2.05) is 0 Å². The molecular formula is C16H40Cl4MnN2. The Morgan fingerprint density at radius 3 is 0.435 bits per heavy atom. The van der Waals surface area contributed by atoms with Crippen LogP contribution in [0.25, 0.3) is 0 Å². The molecule has 0 spiro atoms. The van der Waals surface area contributed by atoms with Gasteiger partial charge >= 0.3 is 17.1 Å². The maximum Gasteiger partial charge on any atom is 2.00 e. The number of hydrogen-bond donors (Lipinski definition) is 0. The number of rotatable bonds is 8. The van der Waals surface area contributed by atoms with Crippen LogP contribution in [-0.2, 0) is 17.1 Å². The molecule has 0 atom stereocenters. The van der Waals surface area contributed by atoms with Crippen LogP contribution >= 0.6 is 0 Å². The molecule has 0 heterocycles. The van der Waals surface area contributed by atoms with E-state index >= 15 is 0 Å². The maximum atomic E-state index is 2.27. The van der Waals surface area contributed by atoms with E-state index in [0.29, 0.717) is 0 Å². The van der Waals surface area contributed by atoms with Crippen LogP contribution < -0.4 is 49.6 Å². The second-order valence-electron chi connectivity index (χ2n) is 5.21. The Bertz CT molecular complexity index is 136. The molecule has 0 unspecified atom stereocenters. The predicted molar refractivity (Wildman–Crippen MR) is 84.8 cm³/mol. The van der Waals surface area contributed by atoms with E-state index in [1.54, 1.807) is 0 Å². The summed E-state index contributed by atoms with van der Waals surface area (Å²) in [5.41, 5.74) is 0. The molecule has 0 aliphatic heterocycles. The predicted octanol–water partition coefficient (Wildman–Crippen LogP) is -8.22. The Labute approximate surface area is 182 Å². The molecule has 0 fully saturated rings. The largest absolute Gasteiger partial charge is 2.00 e. The average molecular weight is 457 g/mol. The molecule has 0 rings (SSSR count). The van der Waals surface area contributed by atoms with Crippen molar-refractivity contribution in [3.8, 4) is 0 Å². The summed E-state index contributed by atoms with van der Waals surface area (Å²) in [5.74, 6) is 0. The normalized spacial score (nSPS) is 9.39. The summed E-state index contributed by atoms with van der Waals surface area (Å²) in [5, 5.41) is 0. The van der Waals surface area contributed by atoms with Crippen molar-refractivity contribution in [3.05, 3.63) is 0 Å². The van der Waals surface area contributed by atoms with E-state index in [2.05, 4.69) is 55.4 Å². The van der Waals surface area contributed by atoms with Crippen molar-refractivity contribution in [2.24, 2.45) is 0 Å². The minimum Gasteiger partial charge on any atom is -1.00 e. The van der Waals surface area contributed by atoms with Crippen LogP contribution in [0.3, 0.4) is 0 Å². The monoisotopic (exact) mass is 455 g/mol. The van der Waals surface area contributed by atoms with E-state index in [4.69, 9.17) is 0 Å². The fourth-order valence-corrected chi connectivity index (χ4v) is 2.68. The molecule has 0 bridgehead atoms. The van der Waals surface area contributed by atoms with Crippen LogP contribution in [0.15, 0.2) is 0 Å². The van der Waals surface area contributed by atoms with Crippen molar-refractivity contribution >= 4 is 0 Å². The van der Waals surface area contributed by atoms with Gasteiger partial charge in [-0.3, -0.25) is 0 Å². The van der Waals surface area contributed by atoms with Gasteiger partial charge in [0, 0.05) is 0 Å². The van der Waals surface area contributed by atoms with Gasteiger partial charge in [0.15, 0.2) is 0 Å². The summed E-state index contributed by atoms with van der Waals surface area (Å²) in [7, 11) is 0. The molecule has 23 heavy (non-hydrogen) atoms. The first-order valence-electron chi connectivity index (χ1n) is 8.19. The number of quaternary nitrogens is 2. The zero-order valence-corrected chi connectivity index (χ0v) is 20.6. The van der Waals surface area contributed by atoms with Crippen LogP contribution in [-0.4, -0.2) is 61.3 Å². The van der Waals surface area contributed by atoms with Gasteiger partial charge < -0.3 is 58.6 Å². The van der Waals surface area contributed by atoms with E-state index in [0.717, 1.165) is 0 Å². The van der Waals surface area contributed by atoms with Crippen LogP contribution in [0.2, 0.25) is 0 Å². The minimum absolute atomic E-state index is 0. The molecular weight excluding hydrogens is 417 g/mol. The number of nitrogens with zero attached hydrogens (tertiary/aromatic N) is 2. The SMILES string of the molecule is CC[N+](CC)(CC)CC.CC[N+](CC)(CC)CC.[Cl-].[Cl-].[Cl-].[Cl-].[Mn+2]. The Hall–Kier alpha value is 1.60. The fraction of sp³-hybridized carbons (Fsp3) is 1.00. The molecule has 0 aromatic carbocycles. The molecule has 149 valence electrons. The summed E-state index contributed by atoms with van der Waals surface area (Å²) >= 11 is 0. The molecule has 0 saturated heterocycles. The molecule has 0 N–H and O–H groups in total. The van der Waals surface area contributed by atoms with Gasteiger partial charge in [-0.1, -0.05) is 0 Å². The zero-order chi connectivity index (χ0) is 14.7. The van der Waals surface area contributed by atoms with Gasteiger partial charge in [-0.2, -0.15) is 0 Å². The van der Waals surface area contributed by atoms with E-state index in [-0.39, 0.29) is 66.7 Å². The molecule has 0 aromatic heterocycles. The molecule has 0 aliphatic rings. The molecule has 0 amide bonds. The minimum atomic E-state index is 0.